The normalized spacial score (nSPS) is 14.0. The van der Waals surface area contributed by atoms with Gasteiger partial charge in [0.2, 0.25) is 0 Å². The second-order valence-corrected chi connectivity index (χ2v) is 6.07. The topological polar surface area (TPSA) is 35.5 Å². The van der Waals surface area contributed by atoms with Gasteiger partial charge in [0, 0.05) is 0 Å². The molecule has 22 heavy (non-hydrogen) atoms. The highest BCUT2D eigenvalue weighted by Crippen LogP contribution is 2.40. The van der Waals surface area contributed by atoms with Gasteiger partial charge in [0.1, 0.15) is 0 Å². The Labute approximate surface area is 133 Å². The monoisotopic (exact) mass is 318 g/mol. The van der Waals surface area contributed by atoms with Gasteiger partial charge in [-0.25, -0.2) is 0 Å². The van der Waals surface area contributed by atoms with E-state index in [1.54, 1.807) is 0 Å². The highest BCUT2D eigenvalue weighted by atomic mass is 31.1. The van der Waals surface area contributed by atoms with Gasteiger partial charge in [-0.05, 0) is 24.0 Å². The highest BCUT2D eigenvalue weighted by molar-refractivity contribution is 7.33. The molecule has 0 spiro atoms. The zero-order valence-electron chi connectivity index (χ0n) is 13.1. The predicted octanol–water partition coefficient (Wildman–Crippen LogP) is 5.71. The summed E-state index contributed by atoms with van der Waals surface area (Å²) < 4.78 is 23.6. The summed E-state index contributed by atoms with van der Waals surface area (Å²) in [5.74, 6) is 0. The van der Waals surface area contributed by atoms with Crippen molar-refractivity contribution in [2.24, 2.45) is 0 Å². The van der Waals surface area contributed by atoms with E-state index < -0.39 is 8.25 Å². The molecular formula is C18H23O3P. The van der Waals surface area contributed by atoms with Crippen LogP contribution in [0.3, 0.4) is 0 Å². The lowest BCUT2D eigenvalue weighted by atomic mass is 10.1. The van der Waals surface area contributed by atoms with Crippen molar-refractivity contribution in [2.75, 3.05) is 0 Å². The van der Waals surface area contributed by atoms with Crippen molar-refractivity contribution < 1.29 is 13.6 Å². The van der Waals surface area contributed by atoms with E-state index >= 15 is 0 Å². The summed E-state index contributed by atoms with van der Waals surface area (Å²) in [7, 11) is -2.56. The van der Waals surface area contributed by atoms with E-state index in [-0.39, 0.29) is 12.2 Å². The lowest BCUT2D eigenvalue weighted by molar-refractivity contribution is 0.125. The number of benzene rings is 2. The second kappa shape index (κ2) is 8.89. The van der Waals surface area contributed by atoms with E-state index in [0.717, 1.165) is 24.0 Å². The van der Waals surface area contributed by atoms with Crippen LogP contribution < -0.4 is 0 Å². The fourth-order valence-electron chi connectivity index (χ4n) is 2.37. The number of rotatable bonds is 8. The van der Waals surface area contributed by atoms with E-state index in [4.69, 9.17) is 9.05 Å². The molecule has 0 heterocycles. The maximum atomic E-state index is 12.3. The summed E-state index contributed by atoms with van der Waals surface area (Å²) >= 11 is 0. The molecule has 2 atom stereocenters. The Bertz CT molecular complexity index is 520. The van der Waals surface area contributed by atoms with Crippen LogP contribution in [0.5, 0.6) is 0 Å². The van der Waals surface area contributed by atoms with Gasteiger partial charge < -0.3 is 9.05 Å². The smallest absolute Gasteiger partial charge is 0.302 e. The number of hydrogen-bond acceptors (Lipinski definition) is 3. The van der Waals surface area contributed by atoms with Crippen LogP contribution in [0.1, 0.15) is 50.0 Å². The van der Waals surface area contributed by atoms with Gasteiger partial charge in [0.25, 0.3) is 0 Å². The quantitative estimate of drug-likeness (QED) is 0.585. The SMILES string of the molecule is CC[C@H](O[PH](=O)O[C@@H](CC)c1ccccc1)c1ccccc1. The van der Waals surface area contributed by atoms with E-state index in [2.05, 4.69) is 0 Å². The van der Waals surface area contributed by atoms with Crippen molar-refractivity contribution >= 4 is 8.25 Å². The molecule has 2 aromatic carbocycles. The molecule has 0 amide bonds. The minimum Gasteiger partial charge on any atom is -0.302 e. The molecule has 0 fully saturated rings. The Hall–Kier alpha value is -1.41. The first-order valence-corrected chi connectivity index (χ1v) is 8.94. The van der Waals surface area contributed by atoms with Gasteiger partial charge in [-0.15, -0.1) is 0 Å². The molecule has 0 radical (unpaired) electrons. The molecule has 0 unspecified atom stereocenters. The summed E-state index contributed by atoms with van der Waals surface area (Å²) in [5.41, 5.74) is 2.06. The molecule has 0 aromatic heterocycles. The lowest BCUT2D eigenvalue weighted by Gasteiger charge is -2.20. The van der Waals surface area contributed by atoms with Crippen molar-refractivity contribution in [1.82, 2.24) is 0 Å². The van der Waals surface area contributed by atoms with Crippen molar-refractivity contribution in [1.29, 1.82) is 0 Å². The van der Waals surface area contributed by atoms with Crippen molar-refractivity contribution in [3.8, 4) is 0 Å². The average Bonchev–Trinajstić information content (AvgIpc) is 2.59. The standard InChI is InChI=1S/C18H23O3P/c1-3-17(15-11-7-5-8-12-15)20-22(19)21-18(4-2)16-13-9-6-10-14-16/h5-14,17-18,22H,3-4H2,1-2H3/t17-,18-/m0/s1. The maximum absolute atomic E-state index is 12.3. The first-order chi connectivity index (χ1) is 10.7. The molecule has 0 aliphatic heterocycles. The van der Waals surface area contributed by atoms with Gasteiger partial charge in [0.15, 0.2) is 0 Å². The first kappa shape index (κ1) is 17.0. The summed E-state index contributed by atoms with van der Waals surface area (Å²) in [5, 5.41) is 0. The van der Waals surface area contributed by atoms with Gasteiger partial charge in [-0.1, -0.05) is 74.5 Å². The van der Waals surface area contributed by atoms with Crippen LogP contribution in [-0.2, 0) is 13.6 Å². The van der Waals surface area contributed by atoms with E-state index in [1.807, 2.05) is 74.5 Å². The molecule has 0 N–H and O–H groups in total. The zero-order valence-corrected chi connectivity index (χ0v) is 14.1. The Morgan fingerprint density at radius 3 is 1.45 bits per heavy atom. The Morgan fingerprint density at radius 2 is 1.14 bits per heavy atom. The van der Waals surface area contributed by atoms with Crippen molar-refractivity contribution in [3.63, 3.8) is 0 Å². The minimum absolute atomic E-state index is 0.194. The highest BCUT2D eigenvalue weighted by Gasteiger charge is 2.18. The summed E-state index contributed by atoms with van der Waals surface area (Å²) in [6, 6.07) is 19.7. The van der Waals surface area contributed by atoms with Crippen LogP contribution in [0.25, 0.3) is 0 Å². The fraction of sp³-hybridized carbons (Fsp3) is 0.333. The third-order valence-corrected chi connectivity index (χ3v) is 4.52. The maximum Gasteiger partial charge on any atom is 0.320 e. The van der Waals surface area contributed by atoms with Gasteiger partial charge in [0.05, 0.1) is 12.2 Å². The van der Waals surface area contributed by atoms with Crippen LogP contribution in [0.4, 0.5) is 0 Å². The molecule has 2 rings (SSSR count). The van der Waals surface area contributed by atoms with Crippen molar-refractivity contribution in [3.05, 3.63) is 71.8 Å². The zero-order chi connectivity index (χ0) is 15.8. The molecule has 0 aliphatic rings. The molecule has 2 aromatic rings. The molecule has 0 aliphatic carbocycles. The van der Waals surface area contributed by atoms with Crippen LogP contribution >= 0.6 is 8.25 Å². The third-order valence-electron chi connectivity index (χ3n) is 3.56. The van der Waals surface area contributed by atoms with Gasteiger partial charge in [-0.3, -0.25) is 4.57 Å². The minimum atomic E-state index is -2.56. The molecule has 4 heteroatoms. The van der Waals surface area contributed by atoms with Crippen molar-refractivity contribution in [2.45, 2.75) is 38.9 Å². The largest absolute Gasteiger partial charge is 0.320 e. The fourth-order valence-corrected chi connectivity index (χ4v) is 3.50. The van der Waals surface area contributed by atoms with Gasteiger partial charge in [-0.2, -0.15) is 0 Å². The Kier molecular flexibility index (Phi) is 6.85. The predicted molar refractivity (Wildman–Crippen MR) is 90.1 cm³/mol. The number of hydrogen-bond donors (Lipinski definition) is 0. The van der Waals surface area contributed by atoms with E-state index in [1.165, 1.54) is 0 Å². The van der Waals surface area contributed by atoms with Crippen LogP contribution in [-0.4, -0.2) is 0 Å². The summed E-state index contributed by atoms with van der Waals surface area (Å²) in [4.78, 5) is 0. The van der Waals surface area contributed by atoms with E-state index in [0.29, 0.717) is 0 Å². The van der Waals surface area contributed by atoms with E-state index in [9.17, 15) is 4.57 Å². The average molecular weight is 318 g/mol. The Morgan fingerprint density at radius 1 is 0.773 bits per heavy atom. The summed E-state index contributed by atoms with van der Waals surface area (Å²) in [6.07, 6.45) is 1.12. The van der Waals surface area contributed by atoms with Crippen LogP contribution in [0.2, 0.25) is 0 Å². The molecule has 0 saturated carbocycles. The molecule has 118 valence electrons. The molecule has 0 bridgehead atoms. The first-order valence-electron chi connectivity index (χ1n) is 7.71. The van der Waals surface area contributed by atoms with Crippen LogP contribution in [0, 0.1) is 0 Å². The lowest BCUT2D eigenvalue weighted by Crippen LogP contribution is -2.02. The molecule has 0 saturated heterocycles. The molecular weight excluding hydrogens is 295 g/mol. The molecule has 3 nitrogen and oxygen atoms in total. The Balaban J connectivity index is 1.99. The summed E-state index contributed by atoms with van der Waals surface area (Å²) in [6.45, 7) is 4.03. The van der Waals surface area contributed by atoms with Gasteiger partial charge >= 0.3 is 8.25 Å². The van der Waals surface area contributed by atoms with Crippen LogP contribution in [0.15, 0.2) is 60.7 Å². The third kappa shape index (κ3) is 4.81. The second-order valence-electron chi connectivity index (χ2n) is 5.10.